The number of carboxylic acids is 1. The molecular formula is C17H28N2O4. The Labute approximate surface area is 138 Å². The maximum absolute atomic E-state index is 11.6. The molecule has 1 saturated heterocycles. The van der Waals surface area contributed by atoms with Gasteiger partial charge >= 0.3 is 5.97 Å². The van der Waals surface area contributed by atoms with Gasteiger partial charge in [0.1, 0.15) is 6.04 Å². The SMILES string of the molecule is C=CCC[C@H](OC)[C@H](NC(C)=O)[C@@H]1N[C@@H](C(=O)O)C[C@H]1/C=C\C. The number of allylic oxidation sites excluding steroid dienone is 2. The lowest BCUT2D eigenvalue weighted by atomic mass is 9.88. The van der Waals surface area contributed by atoms with Gasteiger partial charge in [-0.1, -0.05) is 18.2 Å². The predicted octanol–water partition coefficient (Wildman–Crippen LogP) is 1.48. The Kier molecular flexibility index (Phi) is 7.98. The van der Waals surface area contributed by atoms with Gasteiger partial charge in [-0.05, 0) is 32.1 Å². The summed E-state index contributed by atoms with van der Waals surface area (Å²) in [4.78, 5) is 23.0. The monoisotopic (exact) mass is 324 g/mol. The molecule has 0 aromatic carbocycles. The zero-order chi connectivity index (χ0) is 17.4. The minimum absolute atomic E-state index is 0.0272. The van der Waals surface area contributed by atoms with Crippen LogP contribution in [0.15, 0.2) is 24.8 Å². The highest BCUT2D eigenvalue weighted by Gasteiger charge is 2.43. The van der Waals surface area contributed by atoms with Crippen molar-refractivity contribution >= 4 is 11.9 Å². The van der Waals surface area contributed by atoms with Crippen molar-refractivity contribution in [3.05, 3.63) is 24.8 Å². The third kappa shape index (κ3) is 5.48. The van der Waals surface area contributed by atoms with Crippen LogP contribution in [-0.4, -0.2) is 48.3 Å². The number of aliphatic carboxylic acids is 1. The molecule has 0 unspecified atom stereocenters. The summed E-state index contributed by atoms with van der Waals surface area (Å²) in [7, 11) is 1.61. The summed E-state index contributed by atoms with van der Waals surface area (Å²) >= 11 is 0. The number of carbonyl (C=O) groups is 2. The Balaban J connectivity index is 3.03. The second-order valence-electron chi connectivity index (χ2n) is 5.88. The van der Waals surface area contributed by atoms with Gasteiger partial charge in [0.25, 0.3) is 0 Å². The number of nitrogens with one attached hydrogen (secondary N) is 2. The number of rotatable bonds is 9. The highest BCUT2D eigenvalue weighted by Crippen LogP contribution is 2.27. The van der Waals surface area contributed by atoms with E-state index >= 15 is 0 Å². The molecule has 130 valence electrons. The van der Waals surface area contributed by atoms with E-state index in [1.165, 1.54) is 6.92 Å². The third-order valence-corrected chi connectivity index (χ3v) is 4.22. The maximum Gasteiger partial charge on any atom is 0.320 e. The first-order valence-corrected chi connectivity index (χ1v) is 7.97. The molecule has 1 aliphatic rings. The van der Waals surface area contributed by atoms with Crippen molar-refractivity contribution in [3.8, 4) is 0 Å². The lowest BCUT2D eigenvalue weighted by Crippen LogP contribution is -2.57. The van der Waals surface area contributed by atoms with Crippen LogP contribution in [0.1, 0.15) is 33.1 Å². The van der Waals surface area contributed by atoms with Crippen molar-refractivity contribution < 1.29 is 19.4 Å². The molecule has 5 atom stereocenters. The standard InChI is InChI=1S/C17H28N2O4/c1-5-7-9-14(23-4)16(18-11(3)20)15-12(8-6-2)10-13(19-15)17(21)22/h5-6,8,12-16,19H,1,7,9-10H2,2-4H3,(H,18,20)(H,21,22)/b8-6-/t12-,13-,14+,15-,16+/m1/s1. The van der Waals surface area contributed by atoms with E-state index < -0.39 is 12.0 Å². The van der Waals surface area contributed by atoms with E-state index in [-0.39, 0.29) is 30.0 Å². The smallest absolute Gasteiger partial charge is 0.320 e. The van der Waals surface area contributed by atoms with E-state index in [4.69, 9.17) is 4.74 Å². The highest BCUT2D eigenvalue weighted by atomic mass is 16.5. The summed E-state index contributed by atoms with van der Waals surface area (Å²) in [6.45, 7) is 7.08. The van der Waals surface area contributed by atoms with E-state index in [0.29, 0.717) is 12.8 Å². The minimum atomic E-state index is -0.872. The normalized spacial score (nSPS) is 26.8. The quantitative estimate of drug-likeness (QED) is 0.559. The first-order valence-electron chi connectivity index (χ1n) is 7.97. The molecule has 0 aromatic rings. The van der Waals surface area contributed by atoms with Crippen LogP contribution in [0.3, 0.4) is 0 Å². The molecular weight excluding hydrogens is 296 g/mol. The zero-order valence-electron chi connectivity index (χ0n) is 14.1. The van der Waals surface area contributed by atoms with E-state index in [1.54, 1.807) is 7.11 Å². The largest absolute Gasteiger partial charge is 0.480 e. The first-order chi connectivity index (χ1) is 10.9. The number of carbonyl (C=O) groups excluding carboxylic acids is 1. The van der Waals surface area contributed by atoms with E-state index in [9.17, 15) is 14.7 Å². The van der Waals surface area contributed by atoms with Crippen molar-refractivity contribution in [2.45, 2.75) is 57.3 Å². The molecule has 1 fully saturated rings. The number of carboxylic acid groups (broad SMARTS) is 1. The lowest BCUT2D eigenvalue weighted by molar-refractivity contribution is -0.139. The summed E-state index contributed by atoms with van der Waals surface area (Å²) in [5, 5.41) is 15.4. The van der Waals surface area contributed by atoms with Gasteiger partial charge in [-0.2, -0.15) is 0 Å². The summed E-state index contributed by atoms with van der Waals surface area (Å²) < 4.78 is 5.58. The first kappa shape index (κ1) is 19.4. The molecule has 0 aromatic heterocycles. The predicted molar refractivity (Wildman–Crippen MR) is 89.1 cm³/mol. The van der Waals surface area contributed by atoms with Crippen LogP contribution in [0, 0.1) is 5.92 Å². The molecule has 1 aliphatic heterocycles. The van der Waals surface area contributed by atoms with E-state index in [1.807, 2.05) is 25.2 Å². The summed E-state index contributed by atoms with van der Waals surface area (Å²) in [6, 6.07) is -1.11. The molecule has 1 rings (SSSR count). The number of hydrogen-bond donors (Lipinski definition) is 3. The second-order valence-corrected chi connectivity index (χ2v) is 5.88. The van der Waals surface area contributed by atoms with Gasteiger partial charge in [0.05, 0.1) is 12.1 Å². The van der Waals surface area contributed by atoms with Gasteiger partial charge in [0.15, 0.2) is 0 Å². The number of hydrogen-bond acceptors (Lipinski definition) is 4. The fraction of sp³-hybridized carbons (Fsp3) is 0.647. The van der Waals surface area contributed by atoms with Gasteiger partial charge < -0.3 is 15.2 Å². The van der Waals surface area contributed by atoms with Crippen LogP contribution < -0.4 is 10.6 Å². The van der Waals surface area contributed by atoms with Gasteiger partial charge in [-0.3, -0.25) is 14.9 Å². The second kappa shape index (κ2) is 9.47. The molecule has 0 radical (unpaired) electrons. The molecule has 0 saturated carbocycles. The summed E-state index contributed by atoms with van der Waals surface area (Å²) in [5.74, 6) is -1.00. The molecule has 1 amide bonds. The minimum Gasteiger partial charge on any atom is -0.480 e. The molecule has 0 bridgehead atoms. The van der Waals surface area contributed by atoms with Crippen LogP contribution in [-0.2, 0) is 14.3 Å². The van der Waals surface area contributed by atoms with Crippen molar-refractivity contribution in [3.63, 3.8) is 0 Å². The van der Waals surface area contributed by atoms with Crippen molar-refractivity contribution in [1.82, 2.24) is 10.6 Å². The van der Waals surface area contributed by atoms with Crippen LogP contribution in [0.4, 0.5) is 0 Å². The number of ether oxygens (including phenoxy) is 1. The number of amides is 1. The fourth-order valence-corrected chi connectivity index (χ4v) is 3.21. The average molecular weight is 324 g/mol. The van der Waals surface area contributed by atoms with Gasteiger partial charge in [-0.15, -0.1) is 6.58 Å². The molecule has 23 heavy (non-hydrogen) atoms. The van der Waals surface area contributed by atoms with Crippen LogP contribution in [0.5, 0.6) is 0 Å². The fourth-order valence-electron chi connectivity index (χ4n) is 3.21. The van der Waals surface area contributed by atoms with Crippen LogP contribution in [0.2, 0.25) is 0 Å². The van der Waals surface area contributed by atoms with Gasteiger partial charge in [0.2, 0.25) is 5.91 Å². The van der Waals surface area contributed by atoms with Crippen molar-refractivity contribution in [1.29, 1.82) is 0 Å². The van der Waals surface area contributed by atoms with Crippen molar-refractivity contribution in [2.75, 3.05) is 7.11 Å². The summed E-state index contributed by atoms with van der Waals surface area (Å²) in [5.41, 5.74) is 0. The maximum atomic E-state index is 11.6. The number of methoxy groups -OCH3 is 1. The molecule has 6 heteroatoms. The topological polar surface area (TPSA) is 87.7 Å². The van der Waals surface area contributed by atoms with E-state index in [2.05, 4.69) is 17.2 Å². The van der Waals surface area contributed by atoms with Gasteiger partial charge in [-0.25, -0.2) is 0 Å². The average Bonchev–Trinajstić information content (AvgIpc) is 2.91. The zero-order valence-corrected chi connectivity index (χ0v) is 14.1. The Morgan fingerprint density at radius 1 is 1.52 bits per heavy atom. The van der Waals surface area contributed by atoms with Crippen LogP contribution >= 0.6 is 0 Å². The Hall–Kier alpha value is -1.66. The third-order valence-electron chi connectivity index (χ3n) is 4.22. The van der Waals surface area contributed by atoms with Gasteiger partial charge in [0, 0.05) is 20.1 Å². The van der Waals surface area contributed by atoms with Crippen molar-refractivity contribution in [2.24, 2.45) is 5.92 Å². The Morgan fingerprint density at radius 2 is 2.22 bits per heavy atom. The Morgan fingerprint density at radius 3 is 2.70 bits per heavy atom. The lowest BCUT2D eigenvalue weighted by Gasteiger charge is -2.34. The highest BCUT2D eigenvalue weighted by molar-refractivity contribution is 5.75. The molecule has 1 heterocycles. The van der Waals surface area contributed by atoms with E-state index in [0.717, 1.165) is 6.42 Å². The molecule has 3 N–H and O–H groups in total. The van der Waals surface area contributed by atoms with Crippen LogP contribution in [0.25, 0.3) is 0 Å². The molecule has 6 nitrogen and oxygen atoms in total. The molecule has 0 aliphatic carbocycles. The molecule has 0 spiro atoms. The Bertz CT molecular complexity index is 450. The summed E-state index contributed by atoms with van der Waals surface area (Å²) in [6.07, 6.45) is 7.48.